The van der Waals surface area contributed by atoms with Crippen molar-refractivity contribution in [3.05, 3.63) is 76.6 Å². The normalized spacial score (nSPS) is 16.6. The monoisotopic (exact) mass is 417 g/mol. The second-order valence-corrected chi connectivity index (χ2v) is 7.41. The number of amidine groups is 2. The zero-order valence-electron chi connectivity index (χ0n) is 17.6. The topological polar surface area (TPSA) is 84.2 Å². The third kappa shape index (κ3) is 4.66. The van der Waals surface area contributed by atoms with Gasteiger partial charge in [-0.3, -0.25) is 10.2 Å². The summed E-state index contributed by atoms with van der Waals surface area (Å²) in [5.41, 5.74) is 3.25. The number of allylic oxidation sites excluding steroid dienone is 1. The molecular formula is C24H23N3O4. The summed E-state index contributed by atoms with van der Waals surface area (Å²) in [6, 6.07) is 13.4. The summed E-state index contributed by atoms with van der Waals surface area (Å²) in [4.78, 5) is 21.7. The van der Waals surface area contributed by atoms with Gasteiger partial charge in [0.05, 0.1) is 5.57 Å². The number of aryl methyl sites for hydroxylation is 2. The van der Waals surface area contributed by atoms with Gasteiger partial charge in [-0.15, -0.1) is 5.06 Å². The molecule has 2 aliphatic rings. The number of carbonyl (C=O) groups excluding carboxylic acids is 1. The van der Waals surface area contributed by atoms with Gasteiger partial charge in [0.15, 0.2) is 11.7 Å². The smallest absolute Gasteiger partial charge is 0.282 e. The van der Waals surface area contributed by atoms with Gasteiger partial charge in [0.25, 0.3) is 5.91 Å². The van der Waals surface area contributed by atoms with E-state index in [0.717, 1.165) is 22.4 Å². The van der Waals surface area contributed by atoms with Crippen molar-refractivity contribution in [2.45, 2.75) is 20.8 Å². The zero-order valence-corrected chi connectivity index (χ0v) is 17.6. The minimum absolute atomic E-state index is 0.0352. The maximum atomic E-state index is 12.3. The van der Waals surface area contributed by atoms with Crippen molar-refractivity contribution >= 4 is 23.7 Å². The number of hydroxylamine groups is 2. The molecule has 0 atom stereocenters. The Labute approximate surface area is 180 Å². The van der Waals surface area contributed by atoms with Crippen LogP contribution in [0.25, 0.3) is 6.08 Å². The Bertz CT molecular complexity index is 1110. The molecule has 0 bridgehead atoms. The first kappa shape index (κ1) is 20.4. The van der Waals surface area contributed by atoms with E-state index in [4.69, 9.17) is 19.7 Å². The van der Waals surface area contributed by atoms with Crippen LogP contribution < -0.4 is 9.47 Å². The first-order chi connectivity index (χ1) is 14.9. The van der Waals surface area contributed by atoms with Gasteiger partial charge in [0.2, 0.25) is 0 Å². The van der Waals surface area contributed by atoms with Crippen molar-refractivity contribution in [2.24, 2.45) is 4.99 Å². The summed E-state index contributed by atoms with van der Waals surface area (Å²) in [5, 5.41) is 9.50. The second-order valence-electron chi connectivity index (χ2n) is 7.41. The number of benzene rings is 2. The minimum atomic E-state index is -0.463. The second kappa shape index (κ2) is 8.47. The van der Waals surface area contributed by atoms with Gasteiger partial charge in [0.1, 0.15) is 30.5 Å². The number of amides is 1. The van der Waals surface area contributed by atoms with E-state index in [-0.39, 0.29) is 11.4 Å². The molecule has 2 aromatic carbocycles. The minimum Gasteiger partial charge on any atom is -0.490 e. The van der Waals surface area contributed by atoms with Crippen LogP contribution in [0.5, 0.6) is 11.5 Å². The molecule has 2 heterocycles. The van der Waals surface area contributed by atoms with E-state index in [0.29, 0.717) is 30.6 Å². The first-order valence-corrected chi connectivity index (χ1v) is 9.93. The Hall–Kier alpha value is -3.87. The van der Waals surface area contributed by atoms with Gasteiger partial charge >= 0.3 is 0 Å². The fourth-order valence-corrected chi connectivity index (χ4v) is 3.36. The number of carbonyl (C=O) groups is 1. The van der Waals surface area contributed by atoms with Crippen LogP contribution in [-0.4, -0.2) is 35.9 Å². The lowest BCUT2D eigenvalue weighted by atomic mass is 10.1. The molecule has 1 N–H and O–H groups in total. The molecule has 158 valence electrons. The summed E-state index contributed by atoms with van der Waals surface area (Å²) in [6.07, 6.45) is 3.24. The van der Waals surface area contributed by atoms with Crippen LogP contribution in [-0.2, 0) is 9.63 Å². The highest BCUT2D eigenvalue weighted by atomic mass is 16.7. The highest BCUT2D eigenvalue weighted by Gasteiger charge is 2.34. The van der Waals surface area contributed by atoms with Crippen molar-refractivity contribution < 1.29 is 19.1 Å². The van der Waals surface area contributed by atoms with Crippen molar-refractivity contribution in [3.63, 3.8) is 0 Å². The van der Waals surface area contributed by atoms with Crippen LogP contribution in [0.2, 0.25) is 0 Å². The van der Waals surface area contributed by atoms with E-state index in [1.165, 1.54) is 5.06 Å². The lowest BCUT2D eigenvalue weighted by molar-refractivity contribution is -0.114. The third-order valence-corrected chi connectivity index (χ3v) is 4.69. The number of aliphatic imine (C=N–C) groups is 1. The van der Waals surface area contributed by atoms with Crippen LogP contribution >= 0.6 is 0 Å². The Kier molecular flexibility index (Phi) is 5.58. The molecular weight excluding hydrogens is 394 g/mol. The van der Waals surface area contributed by atoms with E-state index in [2.05, 4.69) is 11.1 Å². The number of ether oxygens (including phenoxy) is 2. The van der Waals surface area contributed by atoms with Crippen LogP contribution in [0.4, 0.5) is 0 Å². The lowest BCUT2D eigenvalue weighted by Crippen LogP contribution is -2.38. The average molecular weight is 417 g/mol. The maximum Gasteiger partial charge on any atom is 0.282 e. The molecule has 0 unspecified atom stereocenters. The number of hydrogen-bond acceptors (Lipinski definition) is 5. The number of nitrogens with zero attached hydrogens (tertiary/aromatic N) is 2. The van der Waals surface area contributed by atoms with Crippen LogP contribution in [0.15, 0.2) is 64.9 Å². The third-order valence-electron chi connectivity index (χ3n) is 4.69. The molecule has 4 rings (SSSR count). The SMILES string of the molecule is CC1=CC2=NC(=O)/C(=C\c3ccc(OCCOc4cc(C)cc(C)c4)cc3)C(=N)N2O1. The van der Waals surface area contributed by atoms with Crippen molar-refractivity contribution in [1.82, 2.24) is 5.06 Å². The highest BCUT2D eigenvalue weighted by Crippen LogP contribution is 2.24. The Morgan fingerprint density at radius 2 is 1.65 bits per heavy atom. The first-order valence-electron chi connectivity index (χ1n) is 9.93. The quantitative estimate of drug-likeness (QED) is 0.562. The summed E-state index contributed by atoms with van der Waals surface area (Å²) in [6.45, 7) is 6.66. The Morgan fingerprint density at radius 3 is 2.32 bits per heavy atom. The number of rotatable bonds is 6. The Morgan fingerprint density at radius 1 is 1.00 bits per heavy atom. The van der Waals surface area contributed by atoms with E-state index in [1.54, 1.807) is 19.1 Å². The average Bonchev–Trinajstić information content (AvgIpc) is 3.09. The van der Waals surface area contributed by atoms with Gasteiger partial charge in [-0.05, 0) is 67.8 Å². The van der Waals surface area contributed by atoms with Gasteiger partial charge in [-0.1, -0.05) is 18.2 Å². The van der Waals surface area contributed by atoms with Crippen LogP contribution in [0, 0.1) is 19.3 Å². The van der Waals surface area contributed by atoms with E-state index in [9.17, 15) is 4.79 Å². The maximum absolute atomic E-state index is 12.3. The van der Waals surface area contributed by atoms with Crippen molar-refractivity contribution in [1.29, 1.82) is 5.41 Å². The molecule has 0 saturated heterocycles. The Balaban J connectivity index is 1.34. The molecule has 0 saturated carbocycles. The largest absolute Gasteiger partial charge is 0.490 e. The molecule has 31 heavy (non-hydrogen) atoms. The predicted octanol–water partition coefficient (Wildman–Crippen LogP) is 4.21. The molecule has 7 heteroatoms. The molecule has 2 aromatic rings. The van der Waals surface area contributed by atoms with Crippen LogP contribution in [0.3, 0.4) is 0 Å². The number of nitrogens with one attached hydrogen (secondary N) is 1. The van der Waals surface area contributed by atoms with E-state index in [1.807, 2.05) is 50.2 Å². The molecule has 1 amide bonds. The summed E-state index contributed by atoms with van der Waals surface area (Å²) in [5.74, 6) is 1.94. The summed E-state index contributed by atoms with van der Waals surface area (Å²) in [7, 11) is 0. The van der Waals surface area contributed by atoms with Crippen molar-refractivity contribution in [3.8, 4) is 11.5 Å². The van der Waals surface area contributed by atoms with Gasteiger partial charge in [-0.2, -0.15) is 4.99 Å². The summed E-state index contributed by atoms with van der Waals surface area (Å²) >= 11 is 0. The van der Waals surface area contributed by atoms with Gasteiger partial charge < -0.3 is 14.3 Å². The van der Waals surface area contributed by atoms with Crippen molar-refractivity contribution in [2.75, 3.05) is 13.2 Å². The number of hydrogen-bond donors (Lipinski definition) is 1. The molecule has 0 aromatic heterocycles. The van der Waals surface area contributed by atoms with E-state index < -0.39 is 5.91 Å². The zero-order chi connectivity index (χ0) is 22.0. The van der Waals surface area contributed by atoms with Crippen LogP contribution in [0.1, 0.15) is 23.6 Å². The fraction of sp³-hybridized carbons (Fsp3) is 0.208. The summed E-state index contributed by atoms with van der Waals surface area (Å²) < 4.78 is 11.5. The molecule has 0 aliphatic carbocycles. The molecule has 2 aliphatic heterocycles. The van der Waals surface area contributed by atoms with Gasteiger partial charge in [-0.25, -0.2) is 0 Å². The molecule has 0 spiro atoms. The van der Waals surface area contributed by atoms with E-state index >= 15 is 0 Å². The molecule has 7 nitrogen and oxygen atoms in total. The standard InChI is InChI=1S/C24H23N3O4/c1-15-10-16(2)12-20(11-15)30-9-8-29-19-6-4-18(5-7-19)14-21-23(25)27-22(26-24(21)28)13-17(3)31-27/h4-7,10-14,25H,8-9H2,1-3H3/b21-14-,25-23?. The molecule has 0 radical (unpaired) electrons. The predicted molar refractivity (Wildman–Crippen MR) is 118 cm³/mol. The fourth-order valence-electron chi connectivity index (χ4n) is 3.36. The lowest BCUT2D eigenvalue weighted by Gasteiger charge is -2.22. The van der Waals surface area contributed by atoms with Gasteiger partial charge in [0, 0.05) is 6.08 Å². The molecule has 0 fully saturated rings. The number of fused-ring (bicyclic) bond motifs is 1. The highest BCUT2D eigenvalue weighted by molar-refractivity contribution is 6.32.